The Labute approximate surface area is 475 Å². The molecule has 0 saturated carbocycles. The Kier molecular flexibility index (Phi) is 64.4. The van der Waals surface area contributed by atoms with E-state index in [1.165, 1.54) is 302 Å². The fourth-order valence-electron chi connectivity index (χ4n) is 11.0. The first-order chi connectivity index (χ1) is 37.5. The number of hydrogen-bond donors (Lipinski definition) is 3. The van der Waals surface area contributed by atoms with Gasteiger partial charge in [-0.1, -0.05) is 340 Å². The number of unbranched alkanes of at least 4 members (excludes halogenated alkanes) is 50. The maximum absolute atomic E-state index is 12.4. The number of nitrogens with one attached hydrogen (secondary N) is 1. The van der Waals surface area contributed by atoms with Gasteiger partial charge >= 0.3 is 5.97 Å². The Bertz CT molecular complexity index is 1190. The number of aliphatic hydroxyl groups is 2. The Morgan fingerprint density at radius 1 is 0.368 bits per heavy atom. The highest BCUT2D eigenvalue weighted by atomic mass is 16.5. The molecule has 2 unspecified atom stereocenters. The molecule has 1 amide bonds. The fraction of sp³-hybridized carbons (Fsp3) is 0.914. The van der Waals surface area contributed by atoms with Crippen molar-refractivity contribution in [3.8, 4) is 0 Å². The zero-order valence-corrected chi connectivity index (χ0v) is 51.5. The number of ether oxygens (including phenoxy) is 1. The van der Waals surface area contributed by atoms with E-state index in [2.05, 4.69) is 43.5 Å². The molecule has 0 fully saturated rings. The Morgan fingerprint density at radius 3 is 1.03 bits per heavy atom. The lowest BCUT2D eigenvalue weighted by Gasteiger charge is -2.22. The first-order valence-corrected chi connectivity index (χ1v) is 34.6. The van der Waals surface area contributed by atoms with Crippen LogP contribution in [0.25, 0.3) is 0 Å². The van der Waals surface area contributed by atoms with Crippen LogP contribution in [0.1, 0.15) is 386 Å². The van der Waals surface area contributed by atoms with Gasteiger partial charge in [0, 0.05) is 12.8 Å². The highest BCUT2D eigenvalue weighted by molar-refractivity contribution is 5.76. The minimum atomic E-state index is -0.659. The normalized spacial score (nSPS) is 12.6. The van der Waals surface area contributed by atoms with Crippen LogP contribution in [0.5, 0.6) is 0 Å². The molecule has 0 rings (SSSR count). The summed E-state index contributed by atoms with van der Waals surface area (Å²) in [7, 11) is 0. The molecule has 6 heteroatoms. The van der Waals surface area contributed by atoms with Crippen LogP contribution in [0.3, 0.4) is 0 Å². The topological polar surface area (TPSA) is 95.9 Å². The van der Waals surface area contributed by atoms with Crippen LogP contribution in [-0.2, 0) is 14.3 Å². The van der Waals surface area contributed by atoms with E-state index in [-0.39, 0.29) is 18.5 Å². The van der Waals surface area contributed by atoms with E-state index in [9.17, 15) is 19.8 Å². The zero-order valence-electron chi connectivity index (χ0n) is 51.5. The van der Waals surface area contributed by atoms with Crippen molar-refractivity contribution in [1.29, 1.82) is 0 Å². The zero-order chi connectivity index (χ0) is 55.0. The first-order valence-electron chi connectivity index (χ1n) is 34.6. The molecular formula is C70H135NO5. The van der Waals surface area contributed by atoms with Gasteiger partial charge < -0.3 is 20.3 Å². The van der Waals surface area contributed by atoms with E-state index in [4.69, 9.17) is 4.74 Å². The molecular weight excluding hydrogens is 935 g/mol. The molecule has 0 radical (unpaired) electrons. The van der Waals surface area contributed by atoms with Gasteiger partial charge in [-0.05, 0) is 57.8 Å². The highest BCUT2D eigenvalue weighted by Crippen LogP contribution is 2.19. The van der Waals surface area contributed by atoms with E-state index >= 15 is 0 Å². The predicted molar refractivity (Wildman–Crippen MR) is 333 cm³/mol. The molecule has 0 saturated heterocycles. The monoisotopic (exact) mass is 1070 g/mol. The molecule has 0 aliphatic rings. The lowest BCUT2D eigenvalue weighted by molar-refractivity contribution is -0.143. The van der Waals surface area contributed by atoms with Crippen molar-refractivity contribution >= 4 is 11.9 Å². The van der Waals surface area contributed by atoms with Gasteiger partial charge in [-0.3, -0.25) is 9.59 Å². The Hall–Kier alpha value is -1.66. The van der Waals surface area contributed by atoms with Crippen LogP contribution >= 0.6 is 0 Å². The highest BCUT2D eigenvalue weighted by Gasteiger charge is 2.20. The van der Waals surface area contributed by atoms with E-state index in [0.29, 0.717) is 25.9 Å². The number of carbonyl (C=O) groups excluding carboxylic acids is 2. The summed E-state index contributed by atoms with van der Waals surface area (Å²) in [6.45, 7) is 4.94. The van der Waals surface area contributed by atoms with Crippen molar-refractivity contribution in [3.05, 3.63) is 24.3 Å². The second kappa shape index (κ2) is 65.9. The van der Waals surface area contributed by atoms with Crippen molar-refractivity contribution in [2.45, 2.75) is 398 Å². The molecule has 2 atom stereocenters. The molecule has 0 bridgehead atoms. The molecule has 0 aromatic heterocycles. The van der Waals surface area contributed by atoms with Gasteiger partial charge in [0.25, 0.3) is 0 Å². The minimum absolute atomic E-state index is 0.0168. The standard InChI is InChI=1S/C70H135NO5/c1-3-5-7-9-11-13-15-16-17-18-31-35-38-41-44-48-52-56-60-64-70(75)76-65-61-57-53-49-45-42-39-36-33-30-28-26-24-22-20-19-21-23-25-27-29-32-34-37-40-43-47-51-55-59-63-69(74)71-67(66-72)68(73)62-58-54-50-46-14-12-10-8-6-4-2/h11,13,16-17,67-68,72-73H,3-10,12,14-15,18-66H2,1-2H3,(H,71,74)/b13-11-,17-16-. The van der Waals surface area contributed by atoms with Gasteiger partial charge in [0.2, 0.25) is 5.91 Å². The quantitative estimate of drug-likeness (QED) is 0.0320. The van der Waals surface area contributed by atoms with E-state index in [1.54, 1.807) is 0 Å². The van der Waals surface area contributed by atoms with E-state index < -0.39 is 12.1 Å². The van der Waals surface area contributed by atoms with Gasteiger partial charge in [-0.15, -0.1) is 0 Å². The van der Waals surface area contributed by atoms with Gasteiger partial charge in [-0.25, -0.2) is 0 Å². The summed E-state index contributed by atoms with van der Waals surface area (Å²) in [6, 6.07) is -0.536. The van der Waals surface area contributed by atoms with Crippen LogP contribution in [0.15, 0.2) is 24.3 Å². The van der Waals surface area contributed by atoms with Crippen LogP contribution in [0.4, 0.5) is 0 Å². The third-order valence-corrected chi connectivity index (χ3v) is 16.3. The van der Waals surface area contributed by atoms with Crippen molar-refractivity contribution < 1.29 is 24.5 Å². The summed E-state index contributed by atoms with van der Waals surface area (Å²) in [4.78, 5) is 24.6. The number of amides is 1. The van der Waals surface area contributed by atoms with E-state index in [0.717, 1.165) is 51.4 Å². The third kappa shape index (κ3) is 61.6. The average molecular weight is 1070 g/mol. The first kappa shape index (κ1) is 74.3. The maximum atomic E-state index is 12.4. The summed E-state index contributed by atoms with van der Waals surface area (Å²) in [5.74, 6) is -0.0142. The van der Waals surface area contributed by atoms with Gasteiger partial charge in [0.1, 0.15) is 0 Å². The number of hydrogen-bond acceptors (Lipinski definition) is 5. The van der Waals surface area contributed by atoms with Crippen molar-refractivity contribution in [3.63, 3.8) is 0 Å². The summed E-state index contributed by atoms with van der Waals surface area (Å²) in [5, 5.41) is 23.2. The van der Waals surface area contributed by atoms with Crippen LogP contribution in [-0.4, -0.2) is 47.4 Å². The van der Waals surface area contributed by atoms with Crippen molar-refractivity contribution in [2.75, 3.05) is 13.2 Å². The number of carbonyl (C=O) groups is 2. The third-order valence-electron chi connectivity index (χ3n) is 16.3. The molecule has 6 nitrogen and oxygen atoms in total. The SMILES string of the molecule is CCCCC/C=C\C/C=C\CCCCCCCCCCCC(=O)OCCCCCCCCCCCCCCCCCCCCCCCCCCCCCCCCC(=O)NC(CO)C(O)CCCCCCCCCCCC. The van der Waals surface area contributed by atoms with Crippen molar-refractivity contribution in [2.24, 2.45) is 0 Å². The molecule has 0 aliphatic heterocycles. The molecule has 3 N–H and O–H groups in total. The van der Waals surface area contributed by atoms with Crippen molar-refractivity contribution in [1.82, 2.24) is 5.32 Å². The fourth-order valence-corrected chi connectivity index (χ4v) is 11.0. The Balaban J connectivity index is 3.29. The van der Waals surface area contributed by atoms with Crippen LogP contribution in [0, 0.1) is 0 Å². The summed E-state index contributed by atoms with van der Waals surface area (Å²) in [6.07, 6.45) is 82.4. The molecule has 450 valence electrons. The molecule has 76 heavy (non-hydrogen) atoms. The van der Waals surface area contributed by atoms with Gasteiger partial charge in [0.05, 0.1) is 25.4 Å². The minimum Gasteiger partial charge on any atom is -0.466 e. The molecule has 0 aromatic carbocycles. The number of esters is 1. The largest absolute Gasteiger partial charge is 0.466 e. The summed E-state index contributed by atoms with van der Waals surface area (Å²) in [5.41, 5.74) is 0. The van der Waals surface area contributed by atoms with Gasteiger partial charge in [-0.2, -0.15) is 0 Å². The average Bonchev–Trinajstić information content (AvgIpc) is 3.42. The summed E-state index contributed by atoms with van der Waals surface area (Å²) >= 11 is 0. The smallest absolute Gasteiger partial charge is 0.305 e. The number of rotatable bonds is 65. The molecule has 0 heterocycles. The number of aliphatic hydroxyl groups excluding tert-OH is 2. The van der Waals surface area contributed by atoms with Crippen LogP contribution in [0.2, 0.25) is 0 Å². The predicted octanol–water partition coefficient (Wildman–Crippen LogP) is 22.1. The van der Waals surface area contributed by atoms with Crippen LogP contribution < -0.4 is 5.32 Å². The molecule has 0 aliphatic carbocycles. The maximum Gasteiger partial charge on any atom is 0.305 e. The Morgan fingerprint density at radius 2 is 0.658 bits per heavy atom. The molecule has 0 spiro atoms. The lowest BCUT2D eigenvalue weighted by Crippen LogP contribution is -2.45. The second-order valence-electron chi connectivity index (χ2n) is 23.9. The second-order valence-corrected chi connectivity index (χ2v) is 23.9. The lowest BCUT2D eigenvalue weighted by atomic mass is 10.0. The van der Waals surface area contributed by atoms with E-state index in [1.807, 2.05) is 0 Å². The summed E-state index contributed by atoms with van der Waals surface area (Å²) < 4.78 is 5.51. The van der Waals surface area contributed by atoms with Gasteiger partial charge in [0.15, 0.2) is 0 Å². The molecule has 0 aromatic rings. The number of allylic oxidation sites excluding steroid dienone is 4.